The normalized spacial score (nSPS) is 11.0. The van der Waals surface area contributed by atoms with Gasteiger partial charge in [0.2, 0.25) is 15.8 Å². The summed E-state index contributed by atoms with van der Waals surface area (Å²) in [6.45, 7) is 0. The summed E-state index contributed by atoms with van der Waals surface area (Å²) < 4.78 is 27.7. The molecule has 10 heteroatoms. The Balaban J connectivity index is 3.74. The average Bonchev–Trinajstić information content (AvgIpc) is 2.34. The number of nitro groups is 1. The largest absolute Gasteiger partial charge is 0.489 e. The van der Waals surface area contributed by atoms with Gasteiger partial charge < -0.3 is 9.64 Å². The molecule has 0 atom stereocenters. The number of methoxy groups -OCH3 is 1. The minimum atomic E-state index is -4.28. The van der Waals surface area contributed by atoms with Crippen molar-refractivity contribution in [1.82, 2.24) is 4.90 Å². The quantitative estimate of drug-likeness (QED) is 0.612. The minimum Gasteiger partial charge on any atom is -0.489 e. The molecule has 9 nitrogen and oxygen atoms in total. The van der Waals surface area contributed by atoms with E-state index >= 15 is 0 Å². The van der Waals surface area contributed by atoms with Crippen LogP contribution in [-0.2, 0) is 10.0 Å². The van der Waals surface area contributed by atoms with Crippen molar-refractivity contribution in [3.8, 4) is 5.75 Å². The molecule has 0 aliphatic rings. The van der Waals surface area contributed by atoms with Crippen LogP contribution in [0.2, 0.25) is 0 Å². The lowest BCUT2D eigenvalue weighted by Gasteiger charge is -2.13. The smallest absolute Gasteiger partial charge is 0.313 e. The maximum atomic E-state index is 11.8. The van der Waals surface area contributed by atoms with Crippen molar-refractivity contribution in [3.05, 3.63) is 27.8 Å². The Labute approximate surface area is 115 Å². The number of primary sulfonamides is 1. The molecular formula is C10H13N3O6S. The van der Waals surface area contributed by atoms with Crippen molar-refractivity contribution in [2.24, 2.45) is 5.14 Å². The molecule has 1 rings (SSSR count). The van der Waals surface area contributed by atoms with Crippen molar-refractivity contribution in [2.75, 3.05) is 21.2 Å². The number of hydrogen-bond donors (Lipinski definition) is 1. The first-order chi connectivity index (χ1) is 9.09. The second-order valence-corrected chi connectivity index (χ2v) is 5.56. The number of carbonyl (C=O) groups is 1. The Kier molecular flexibility index (Phi) is 4.30. The molecule has 0 saturated heterocycles. The summed E-state index contributed by atoms with van der Waals surface area (Å²) in [6.07, 6.45) is 0. The Morgan fingerprint density at radius 3 is 2.30 bits per heavy atom. The van der Waals surface area contributed by atoms with Gasteiger partial charge in [0.15, 0.2) is 0 Å². The van der Waals surface area contributed by atoms with Crippen molar-refractivity contribution in [3.63, 3.8) is 0 Å². The van der Waals surface area contributed by atoms with Crippen molar-refractivity contribution in [2.45, 2.75) is 4.90 Å². The van der Waals surface area contributed by atoms with Crippen LogP contribution in [-0.4, -0.2) is 45.4 Å². The molecule has 0 aromatic heterocycles. The first kappa shape index (κ1) is 15.9. The fourth-order valence-corrected chi connectivity index (χ4v) is 2.26. The number of sulfonamides is 1. The van der Waals surface area contributed by atoms with Gasteiger partial charge in [-0.2, -0.15) is 0 Å². The maximum Gasteiger partial charge on any atom is 0.313 e. The highest BCUT2D eigenvalue weighted by molar-refractivity contribution is 7.89. The molecule has 20 heavy (non-hydrogen) atoms. The zero-order valence-electron chi connectivity index (χ0n) is 11.0. The molecule has 0 radical (unpaired) electrons. The zero-order chi connectivity index (χ0) is 15.7. The van der Waals surface area contributed by atoms with E-state index < -0.39 is 37.2 Å². The summed E-state index contributed by atoms with van der Waals surface area (Å²) in [4.78, 5) is 22.5. The molecule has 0 unspecified atom stereocenters. The monoisotopic (exact) mass is 303 g/mol. The molecule has 110 valence electrons. The molecular weight excluding hydrogens is 290 g/mol. The summed E-state index contributed by atoms with van der Waals surface area (Å²) in [7, 11) is -0.358. The molecule has 0 bridgehead atoms. The topological polar surface area (TPSA) is 133 Å². The number of hydrogen-bond acceptors (Lipinski definition) is 6. The van der Waals surface area contributed by atoms with E-state index in [4.69, 9.17) is 9.88 Å². The standard InChI is InChI=1S/C10H13N3O6S/c1-12(2)10(14)6-4-7(13(15)16)9(19-3)8(5-6)20(11,17)18/h4-5H,1-3H3,(H2,11,17,18). The number of nitrogens with two attached hydrogens (primary N) is 1. The van der Waals surface area contributed by atoms with Gasteiger partial charge in [0.25, 0.3) is 5.91 Å². The Morgan fingerprint density at radius 1 is 1.40 bits per heavy atom. The summed E-state index contributed by atoms with van der Waals surface area (Å²) in [5.74, 6) is -1.10. The van der Waals surface area contributed by atoms with E-state index in [9.17, 15) is 23.3 Å². The lowest BCUT2D eigenvalue weighted by Crippen LogP contribution is -2.23. The van der Waals surface area contributed by atoms with Gasteiger partial charge in [-0.25, -0.2) is 13.6 Å². The van der Waals surface area contributed by atoms with E-state index in [2.05, 4.69) is 0 Å². The van der Waals surface area contributed by atoms with Crippen molar-refractivity contribution in [1.29, 1.82) is 0 Å². The molecule has 1 aromatic carbocycles. The van der Waals surface area contributed by atoms with Crippen LogP contribution in [0.15, 0.2) is 17.0 Å². The van der Waals surface area contributed by atoms with Crippen LogP contribution in [0.25, 0.3) is 0 Å². The van der Waals surface area contributed by atoms with E-state index in [1.54, 1.807) is 0 Å². The van der Waals surface area contributed by atoms with Gasteiger partial charge in [-0.1, -0.05) is 0 Å². The van der Waals surface area contributed by atoms with Gasteiger partial charge in [-0.15, -0.1) is 0 Å². The van der Waals surface area contributed by atoms with E-state index in [-0.39, 0.29) is 5.56 Å². The highest BCUT2D eigenvalue weighted by atomic mass is 32.2. The van der Waals surface area contributed by atoms with Gasteiger partial charge in [0.05, 0.1) is 12.0 Å². The van der Waals surface area contributed by atoms with Crippen molar-refractivity contribution < 1.29 is 22.9 Å². The van der Waals surface area contributed by atoms with Gasteiger partial charge >= 0.3 is 5.69 Å². The Bertz CT molecular complexity index is 668. The summed E-state index contributed by atoms with van der Waals surface area (Å²) in [5.41, 5.74) is -0.823. The van der Waals surface area contributed by atoms with Gasteiger partial charge in [0.1, 0.15) is 4.90 Å². The zero-order valence-corrected chi connectivity index (χ0v) is 11.8. The first-order valence-electron chi connectivity index (χ1n) is 5.20. The van der Waals surface area contributed by atoms with Crippen LogP contribution >= 0.6 is 0 Å². The van der Waals surface area contributed by atoms with E-state index in [0.717, 1.165) is 24.1 Å². The fraction of sp³-hybridized carbons (Fsp3) is 0.300. The van der Waals surface area contributed by atoms with E-state index in [1.807, 2.05) is 0 Å². The molecule has 0 heterocycles. The highest BCUT2D eigenvalue weighted by Crippen LogP contribution is 2.35. The summed E-state index contributed by atoms with van der Waals surface area (Å²) in [5, 5.41) is 16.0. The second-order valence-electron chi connectivity index (χ2n) is 4.03. The number of nitrogens with zero attached hydrogens (tertiary/aromatic N) is 2. The predicted molar refractivity (Wildman–Crippen MR) is 69.0 cm³/mol. The van der Waals surface area contributed by atoms with Crippen LogP contribution in [0.1, 0.15) is 10.4 Å². The number of nitro benzene ring substituents is 1. The molecule has 0 aliphatic heterocycles. The number of rotatable bonds is 4. The molecule has 0 spiro atoms. The number of ether oxygens (including phenoxy) is 1. The summed E-state index contributed by atoms with van der Waals surface area (Å²) in [6, 6.07) is 1.89. The lowest BCUT2D eigenvalue weighted by molar-refractivity contribution is -0.386. The predicted octanol–water partition coefficient (Wildman–Crippen LogP) is -0.0474. The van der Waals surface area contributed by atoms with Crippen LogP contribution in [0, 0.1) is 10.1 Å². The van der Waals surface area contributed by atoms with Crippen LogP contribution in [0.4, 0.5) is 5.69 Å². The molecule has 0 fully saturated rings. The number of carbonyl (C=O) groups excluding carboxylic acids is 1. The van der Waals surface area contributed by atoms with Crippen LogP contribution in [0.3, 0.4) is 0 Å². The third kappa shape index (κ3) is 3.03. The molecule has 2 N–H and O–H groups in total. The van der Waals surface area contributed by atoms with Gasteiger partial charge in [-0.3, -0.25) is 14.9 Å². The van der Waals surface area contributed by atoms with Crippen molar-refractivity contribution >= 4 is 21.6 Å². The summed E-state index contributed by atoms with van der Waals surface area (Å²) >= 11 is 0. The molecule has 0 aliphatic carbocycles. The SMILES string of the molecule is COc1c([N+](=O)[O-])cc(C(=O)N(C)C)cc1S(N)(=O)=O. The Hall–Kier alpha value is -2.20. The van der Waals surface area contributed by atoms with Gasteiger partial charge in [0, 0.05) is 25.7 Å². The minimum absolute atomic E-state index is 0.175. The van der Waals surface area contributed by atoms with Gasteiger partial charge in [-0.05, 0) is 6.07 Å². The third-order valence-corrected chi connectivity index (χ3v) is 3.31. The fourth-order valence-electron chi connectivity index (χ4n) is 1.52. The Morgan fingerprint density at radius 2 is 1.95 bits per heavy atom. The highest BCUT2D eigenvalue weighted by Gasteiger charge is 2.28. The average molecular weight is 303 g/mol. The van der Waals surface area contributed by atoms with Crippen LogP contribution < -0.4 is 9.88 Å². The lowest BCUT2D eigenvalue weighted by atomic mass is 10.1. The maximum absolute atomic E-state index is 11.8. The second kappa shape index (κ2) is 5.43. The molecule has 1 aromatic rings. The van der Waals surface area contributed by atoms with E-state index in [1.165, 1.54) is 14.1 Å². The van der Waals surface area contributed by atoms with E-state index in [0.29, 0.717) is 0 Å². The number of benzene rings is 1. The molecule has 0 saturated carbocycles. The first-order valence-corrected chi connectivity index (χ1v) is 6.75. The third-order valence-electron chi connectivity index (χ3n) is 2.40. The molecule has 1 amide bonds. The van der Waals surface area contributed by atoms with Crippen LogP contribution in [0.5, 0.6) is 5.75 Å². The number of amides is 1.